The first-order valence-corrected chi connectivity index (χ1v) is 9.15. The Hall–Kier alpha value is -2.05. The molecule has 0 radical (unpaired) electrons. The molecule has 1 unspecified atom stereocenters. The summed E-state index contributed by atoms with van der Waals surface area (Å²) in [4.78, 5) is 28.3. The van der Waals surface area contributed by atoms with Crippen molar-refractivity contribution in [2.75, 3.05) is 26.2 Å². The van der Waals surface area contributed by atoms with Crippen LogP contribution in [-0.4, -0.2) is 63.7 Å². The van der Waals surface area contributed by atoms with Crippen molar-refractivity contribution in [2.24, 2.45) is 7.05 Å². The Morgan fingerprint density at radius 1 is 1.32 bits per heavy atom. The number of aryl methyl sites for hydroxylation is 2. The lowest BCUT2D eigenvalue weighted by atomic mass is 10.1. The summed E-state index contributed by atoms with van der Waals surface area (Å²) in [6.07, 6.45) is 2.51. The minimum Gasteiger partial charge on any atom is -0.341 e. The molecule has 2 heterocycles. The summed E-state index contributed by atoms with van der Waals surface area (Å²) in [6, 6.07) is -0.169. The fourth-order valence-electron chi connectivity index (χ4n) is 3.37. The summed E-state index contributed by atoms with van der Waals surface area (Å²) >= 11 is 0. The number of hydrogen-bond acceptors (Lipinski definition) is 3. The molecule has 0 bridgehead atoms. The van der Waals surface area contributed by atoms with E-state index in [0.29, 0.717) is 6.54 Å². The Morgan fingerprint density at radius 3 is 2.64 bits per heavy atom. The number of aromatic nitrogens is 2. The lowest BCUT2D eigenvalue weighted by Crippen LogP contribution is -2.47. The number of amides is 3. The van der Waals surface area contributed by atoms with E-state index in [0.717, 1.165) is 43.7 Å². The van der Waals surface area contributed by atoms with Crippen LogP contribution < -0.4 is 5.32 Å². The van der Waals surface area contributed by atoms with E-state index in [2.05, 4.69) is 17.3 Å². The van der Waals surface area contributed by atoms with Gasteiger partial charge in [-0.15, -0.1) is 0 Å². The van der Waals surface area contributed by atoms with Gasteiger partial charge in [0.05, 0.1) is 5.69 Å². The first kappa shape index (κ1) is 19.3. The van der Waals surface area contributed by atoms with Crippen molar-refractivity contribution in [1.82, 2.24) is 24.9 Å². The van der Waals surface area contributed by atoms with E-state index in [-0.39, 0.29) is 24.5 Å². The van der Waals surface area contributed by atoms with Crippen molar-refractivity contribution < 1.29 is 9.59 Å². The number of carbonyl (C=O) groups is 2. The highest BCUT2D eigenvalue weighted by Gasteiger charge is 2.25. The standard InChI is InChI=1S/C18H31N5O2/c1-6-8-22-9-7-10-23(12-17(22)24)18(25)19-13(2)11-16-14(3)20-21(5)15(16)4/h13H,6-12H2,1-5H3,(H,19,25). The van der Waals surface area contributed by atoms with Gasteiger partial charge in [-0.25, -0.2) is 4.79 Å². The van der Waals surface area contributed by atoms with Crippen molar-refractivity contribution in [2.45, 2.75) is 53.0 Å². The maximum Gasteiger partial charge on any atom is 0.318 e. The molecule has 0 aliphatic carbocycles. The Labute approximate surface area is 150 Å². The van der Waals surface area contributed by atoms with Gasteiger partial charge in [0.2, 0.25) is 5.91 Å². The second-order valence-electron chi connectivity index (χ2n) is 6.98. The molecule has 2 rings (SSSR count). The fourth-order valence-corrected chi connectivity index (χ4v) is 3.37. The highest BCUT2D eigenvalue weighted by Crippen LogP contribution is 2.14. The second-order valence-corrected chi connectivity index (χ2v) is 6.98. The minimum absolute atomic E-state index is 0.0146. The summed E-state index contributed by atoms with van der Waals surface area (Å²) in [5.74, 6) is 0.0427. The molecule has 1 N–H and O–H groups in total. The predicted octanol–water partition coefficient (Wildman–Crippen LogP) is 1.62. The van der Waals surface area contributed by atoms with Crippen LogP contribution in [0.4, 0.5) is 4.79 Å². The van der Waals surface area contributed by atoms with Gasteiger partial charge >= 0.3 is 6.03 Å². The lowest BCUT2D eigenvalue weighted by Gasteiger charge is -2.24. The van der Waals surface area contributed by atoms with E-state index in [1.165, 1.54) is 5.56 Å². The summed E-state index contributed by atoms with van der Waals surface area (Å²) in [5.41, 5.74) is 3.30. The van der Waals surface area contributed by atoms with Gasteiger partial charge in [0, 0.05) is 38.4 Å². The number of rotatable bonds is 5. The largest absolute Gasteiger partial charge is 0.341 e. The van der Waals surface area contributed by atoms with Crippen molar-refractivity contribution in [1.29, 1.82) is 0 Å². The number of nitrogens with zero attached hydrogens (tertiary/aromatic N) is 4. The molecular formula is C18H31N5O2. The van der Waals surface area contributed by atoms with E-state index in [1.807, 2.05) is 37.4 Å². The quantitative estimate of drug-likeness (QED) is 0.878. The van der Waals surface area contributed by atoms with Gasteiger partial charge in [0.15, 0.2) is 0 Å². The summed E-state index contributed by atoms with van der Waals surface area (Å²) in [7, 11) is 1.93. The molecule has 3 amide bonds. The second kappa shape index (κ2) is 8.36. The summed E-state index contributed by atoms with van der Waals surface area (Å²) in [5, 5.41) is 7.46. The van der Waals surface area contributed by atoms with Crippen LogP contribution in [0.25, 0.3) is 0 Å². The molecule has 7 heteroatoms. The van der Waals surface area contributed by atoms with Gasteiger partial charge in [0.1, 0.15) is 6.54 Å². The number of urea groups is 1. The van der Waals surface area contributed by atoms with E-state index in [4.69, 9.17) is 0 Å². The maximum absolute atomic E-state index is 12.6. The van der Waals surface area contributed by atoms with Crippen molar-refractivity contribution in [3.05, 3.63) is 17.0 Å². The Morgan fingerprint density at radius 2 is 2.04 bits per heavy atom. The van der Waals surface area contributed by atoms with Crippen LogP contribution in [0.2, 0.25) is 0 Å². The minimum atomic E-state index is -0.154. The van der Waals surface area contributed by atoms with Crippen LogP contribution in [0.3, 0.4) is 0 Å². The van der Waals surface area contributed by atoms with E-state index in [9.17, 15) is 9.59 Å². The topological polar surface area (TPSA) is 70.5 Å². The third-order valence-corrected chi connectivity index (χ3v) is 4.85. The van der Waals surface area contributed by atoms with Gasteiger partial charge < -0.3 is 15.1 Å². The Kier molecular flexibility index (Phi) is 6.45. The van der Waals surface area contributed by atoms with Gasteiger partial charge in [0.25, 0.3) is 0 Å². The molecule has 0 aromatic carbocycles. The van der Waals surface area contributed by atoms with Gasteiger partial charge in [-0.1, -0.05) is 6.92 Å². The highest BCUT2D eigenvalue weighted by atomic mass is 16.2. The SMILES string of the molecule is CCCN1CCCN(C(=O)NC(C)Cc2c(C)nn(C)c2C)CC1=O. The van der Waals surface area contributed by atoms with Crippen LogP contribution in [0, 0.1) is 13.8 Å². The Balaban J connectivity index is 1.93. The van der Waals surface area contributed by atoms with Crippen molar-refractivity contribution >= 4 is 11.9 Å². The van der Waals surface area contributed by atoms with Crippen LogP contribution in [0.15, 0.2) is 0 Å². The summed E-state index contributed by atoms with van der Waals surface area (Å²) in [6.45, 7) is 10.4. The first-order chi connectivity index (χ1) is 11.8. The molecule has 1 aliphatic rings. The zero-order valence-corrected chi connectivity index (χ0v) is 16.1. The maximum atomic E-state index is 12.6. The zero-order chi connectivity index (χ0) is 18.6. The molecule has 25 heavy (non-hydrogen) atoms. The van der Waals surface area contributed by atoms with Crippen LogP contribution >= 0.6 is 0 Å². The average molecular weight is 349 g/mol. The van der Waals surface area contributed by atoms with Crippen molar-refractivity contribution in [3.63, 3.8) is 0 Å². The van der Waals surface area contributed by atoms with E-state index < -0.39 is 0 Å². The molecule has 1 aromatic heterocycles. The van der Waals surface area contributed by atoms with Gasteiger partial charge in [-0.3, -0.25) is 9.48 Å². The molecule has 1 aromatic rings. The van der Waals surface area contributed by atoms with Crippen LogP contribution in [0.5, 0.6) is 0 Å². The predicted molar refractivity (Wildman–Crippen MR) is 97.4 cm³/mol. The molecule has 1 fully saturated rings. The molecule has 7 nitrogen and oxygen atoms in total. The first-order valence-electron chi connectivity index (χ1n) is 9.15. The normalized spacial score (nSPS) is 16.8. The zero-order valence-electron chi connectivity index (χ0n) is 16.1. The van der Waals surface area contributed by atoms with E-state index in [1.54, 1.807) is 4.90 Å². The summed E-state index contributed by atoms with van der Waals surface area (Å²) < 4.78 is 1.87. The smallest absolute Gasteiger partial charge is 0.318 e. The number of carbonyl (C=O) groups excluding carboxylic acids is 2. The third-order valence-electron chi connectivity index (χ3n) is 4.85. The Bertz CT molecular complexity index is 625. The molecule has 140 valence electrons. The lowest BCUT2D eigenvalue weighted by molar-refractivity contribution is -0.130. The van der Waals surface area contributed by atoms with Crippen LogP contribution in [-0.2, 0) is 18.3 Å². The van der Waals surface area contributed by atoms with Gasteiger partial charge in [-0.2, -0.15) is 5.10 Å². The fraction of sp³-hybridized carbons (Fsp3) is 0.722. The van der Waals surface area contributed by atoms with Gasteiger partial charge in [-0.05, 0) is 45.6 Å². The highest BCUT2D eigenvalue weighted by molar-refractivity contribution is 5.84. The molecule has 1 atom stereocenters. The molecule has 1 aliphatic heterocycles. The third kappa shape index (κ3) is 4.74. The number of hydrogen-bond donors (Lipinski definition) is 1. The number of nitrogens with one attached hydrogen (secondary N) is 1. The van der Waals surface area contributed by atoms with Crippen LogP contribution in [0.1, 0.15) is 43.6 Å². The monoisotopic (exact) mass is 349 g/mol. The molecule has 1 saturated heterocycles. The van der Waals surface area contributed by atoms with E-state index >= 15 is 0 Å². The van der Waals surface area contributed by atoms with Crippen molar-refractivity contribution in [3.8, 4) is 0 Å². The molecular weight excluding hydrogens is 318 g/mol. The average Bonchev–Trinajstić information content (AvgIpc) is 2.71. The molecule has 0 saturated carbocycles. The molecule has 0 spiro atoms.